The highest BCUT2D eigenvalue weighted by molar-refractivity contribution is 5.80. The molecule has 0 spiro atoms. The van der Waals surface area contributed by atoms with E-state index in [1.54, 1.807) is 50.2 Å². The summed E-state index contributed by atoms with van der Waals surface area (Å²) >= 11 is 0. The van der Waals surface area contributed by atoms with Crippen LogP contribution in [0.15, 0.2) is 24.3 Å². The van der Waals surface area contributed by atoms with E-state index in [1.165, 1.54) is 0 Å². The number of benzene rings is 1. The molecule has 18 heavy (non-hydrogen) atoms. The lowest BCUT2D eigenvalue weighted by atomic mass is 9.91. The first-order valence-corrected chi connectivity index (χ1v) is 5.96. The van der Waals surface area contributed by atoms with Gasteiger partial charge < -0.3 is 9.84 Å². The van der Waals surface area contributed by atoms with Crippen LogP contribution < -0.4 is 4.74 Å². The molecule has 0 aromatic heterocycles. The molecule has 100 valence electrons. The van der Waals surface area contributed by atoms with E-state index in [2.05, 4.69) is 0 Å². The molecule has 4 nitrogen and oxygen atoms in total. The highest BCUT2D eigenvalue weighted by Crippen LogP contribution is 2.28. The van der Waals surface area contributed by atoms with Crippen LogP contribution in [-0.4, -0.2) is 36.2 Å². The lowest BCUT2D eigenvalue weighted by Gasteiger charge is -2.32. The average molecular weight is 251 g/mol. The Morgan fingerprint density at radius 3 is 2.11 bits per heavy atom. The molecule has 1 unspecified atom stereocenters. The van der Waals surface area contributed by atoms with E-state index in [0.717, 1.165) is 11.3 Å². The molecule has 0 heterocycles. The van der Waals surface area contributed by atoms with Gasteiger partial charge >= 0.3 is 5.97 Å². The quantitative estimate of drug-likeness (QED) is 0.872. The number of carbonyl (C=O) groups is 1. The Hall–Kier alpha value is -1.55. The number of nitrogens with zero attached hydrogens (tertiary/aromatic N) is 1. The smallest absolute Gasteiger partial charge is 0.328 e. The van der Waals surface area contributed by atoms with Gasteiger partial charge in [0.15, 0.2) is 0 Å². The van der Waals surface area contributed by atoms with E-state index in [-0.39, 0.29) is 6.10 Å². The van der Waals surface area contributed by atoms with Crippen LogP contribution in [0.25, 0.3) is 0 Å². The average Bonchev–Trinajstić information content (AvgIpc) is 2.27. The number of rotatable bonds is 5. The van der Waals surface area contributed by atoms with E-state index in [9.17, 15) is 9.90 Å². The minimum absolute atomic E-state index is 0.107. The van der Waals surface area contributed by atoms with Gasteiger partial charge in [-0.05, 0) is 52.6 Å². The molecule has 0 radical (unpaired) electrons. The lowest BCUT2D eigenvalue weighted by molar-refractivity contribution is -0.149. The van der Waals surface area contributed by atoms with Crippen LogP contribution in [0, 0.1) is 0 Å². The number of hydrogen-bond acceptors (Lipinski definition) is 3. The summed E-state index contributed by atoms with van der Waals surface area (Å²) in [6.45, 7) is 5.60. The maximum Gasteiger partial charge on any atom is 0.328 e. The van der Waals surface area contributed by atoms with Gasteiger partial charge in [-0.15, -0.1) is 0 Å². The molecule has 1 N–H and O–H groups in total. The Morgan fingerprint density at radius 1 is 1.28 bits per heavy atom. The van der Waals surface area contributed by atoms with E-state index in [1.807, 2.05) is 13.8 Å². The van der Waals surface area contributed by atoms with Crippen molar-refractivity contribution in [1.29, 1.82) is 0 Å². The number of carboxylic acids is 1. The summed E-state index contributed by atoms with van der Waals surface area (Å²) in [5, 5.41) is 9.40. The highest BCUT2D eigenvalue weighted by Gasteiger charge is 2.37. The maximum atomic E-state index is 11.5. The number of ether oxygens (including phenoxy) is 1. The van der Waals surface area contributed by atoms with Crippen LogP contribution in [0.5, 0.6) is 5.75 Å². The molecular weight excluding hydrogens is 230 g/mol. The highest BCUT2D eigenvalue weighted by atomic mass is 16.5. The molecule has 1 rings (SSSR count). The first-order valence-electron chi connectivity index (χ1n) is 5.96. The predicted molar refractivity (Wildman–Crippen MR) is 70.9 cm³/mol. The molecule has 1 atom stereocenters. The summed E-state index contributed by atoms with van der Waals surface area (Å²) in [5.41, 5.74) is -0.299. The van der Waals surface area contributed by atoms with Crippen molar-refractivity contribution in [2.45, 2.75) is 32.4 Å². The third kappa shape index (κ3) is 2.82. The van der Waals surface area contributed by atoms with Gasteiger partial charge in [-0.25, -0.2) is 4.79 Å². The Morgan fingerprint density at radius 2 is 1.78 bits per heavy atom. The van der Waals surface area contributed by atoms with Gasteiger partial charge in [0, 0.05) is 0 Å². The first-order chi connectivity index (χ1) is 8.28. The predicted octanol–water partition coefficient (Wildman–Crippen LogP) is 2.34. The number of carboxylic acid groups (broad SMARTS) is 1. The van der Waals surface area contributed by atoms with Crippen molar-refractivity contribution < 1.29 is 14.6 Å². The summed E-state index contributed by atoms with van der Waals surface area (Å²) in [4.78, 5) is 13.1. The van der Waals surface area contributed by atoms with Gasteiger partial charge in [0.1, 0.15) is 11.3 Å². The lowest BCUT2D eigenvalue weighted by Crippen LogP contribution is -2.45. The zero-order chi connectivity index (χ0) is 13.9. The molecule has 0 amide bonds. The largest absolute Gasteiger partial charge is 0.491 e. The van der Waals surface area contributed by atoms with E-state index < -0.39 is 11.5 Å². The van der Waals surface area contributed by atoms with Crippen molar-refractivity contribution in [3.8, 4) is 5.75 Å². The number of likely N-dealkylation sites (N-methyl/N-ethyl adjacent to an activating group) is 1. The number of hydrogen-bond donors (Lipinski definition) is 1. The summed E-state index contributed by atoms with van der Waals surface area (Å²) < 4.78 is 5.54. The monoisotopic (exact) mass is 251 g/mol. The molecule has 4 heteroatoms. The van der Waals surface area contributed by atoms with Crippen molar-refractivity contribution in [2.75, 3.05) is 14.1 Å². The summed E-state index contributed by atoms with van der Waals surface area (Å²) in [6, 6.07) is 7.21. The molecule has 0 saturated carbocycles. The normalized spacial score (nSPS) is 14.6. The molecule has 1 aromatic carbocycles. The Kier molecular flexibility index (Phi) is 4.35. The third-order valence-electron chi connectivity index (χ3n) is 3.10. The van der Waals surface area contributed by atoms with Crippen molar-refractivity contribution in [3.05, 3.63) is 29.8 Å². The summed E-state index contributed by atoms with van der Waals surface area (Å²) in [5.74, 6) is -0.120. The van der Waals surface area contributed by atoms with Gasteiger partial charge in [0.05, 0.1) is 6.10 Å². The molecule has 0 aliphatic carbocycles. The van der Waals surface area contributed by atoms with E-state index >= 15 is 0 Å². The minimum atomic E-state index is -1.03. The van der Waals surface area contributed by atoms with E-state index in [4.69, 9.17) is 4.74 Å². The fraction of sp³-hybridized carbons (Fsp3) is 0.500. The Balaban J connectivity index is 3.06. The topological polar surface area (TPSA) is 49.8 Å². The molecule has 0 bridgehead atoms. The van der Waals surface area contributed by atoms with E-state index in [0.29, 0.717) is 0 Å². The van der Waals surface area contributed by atoms with Crippen LogP contribution in [0.3, 0.4) is 0 Å². The second-order valence-electron chi connectivity index (χ2n) is 4.96. The van der Waals surface area contributed by atoms with Crippen LogP contribution in [0.4, 0.5) is 0 Å². The molecule has 0 fully saturated rings. The van der Waals surface area contributed by atoms with Crippen molar-refractivity contribution in [1.82, 2.24) is 4.90 Å². The second-order valence-corrected chi connectivity index (χ2v) is 4.96. The Bertz CT molecular complexity index is 412. The fourth-order valence-electron chi connectivity index (χ4n) is 1.70. The van der Waals surface area contributed by atoms with Gasteiger partial charge in [-0.3, -0.25) is 4.90 Å². The molecule has 1 aromatic rings. The Labute approximate surface area is 108 Å². The van der Waals surface area contributed by atoms with Gasteiger partial charge in [-0.2, -0.15) is 0 Å². The summed E-state index contributed by atoms with van der Waals surface area (Å²) in [7, 11) is 3.51. The first kappa shape index (κ1) is 14.5. The SMILES string of the molecule is CC(C)Oc1ccc(C(C)(C(=O)O)N(C)C)cc1. The number of aliphatic carboxylic acids is 1. The van der Waals surface area contributed by atoms with Crippen LogP contribution >= 0.6 is 0 Å². The fourth-order valence-corrected chi connectivity index (χ4v) is 1.70. The van der Waals surface area contributed by atoms with Crippen LogP contribution in [0.2, 0.25) is 0 Å². The third-order valence-corrected chi connectivity index (χ3v) is 3.10. The molecule has 0 saturated heterocycles. The molecular formula is C14H21NO3. The standard InChI is InChI=1S/C14H21NO3/c1-10(2)18-12-8-6-11(7-9-12)14(3,13(16)17)15(4)5/h6-10H,1-5H3,(H,16,17). The maximum absolute atomic E-state index is 11.5. The minimum Gasteiger partial charge on any atom is -0.491 e. The molecule has 0 aliphatic heterocycles. The van der Waals surface area contributed by atoms with Gasteiger partial charge in [0.2, 0.25) is 0 Å². The summed E-state index contributed by atoms with van der Waals surface area (Å²) in [6.07, 6.45) is 0.107. The van der Waals surface area contributed by atoms with Crippen LogP contribution in [0.1, 0.15) is 26.3 Å². The van der Waals surface area contributed by atoms with Gasteiger partial charge in [0.25, 0.3) is 0 Å². The zero-order valence-corrected chi connectivity index (χ0v) is 11.6. The van der Waals surface area contributed by atoms with Crippen molar-refractivity contribution >= 4 is 5.97 Å². The zero-order valence-electron chi connectivity index (χ0n) is 11.6. The van der Waals surface area contributed by atoms with Crippen LogP contribution in [-0.2, 0) is 10.3 Å². The van der Waals surface area contributed by atoms with Gasteiger partial charge in [-0.1, -0.05) is 12.1 Å². The van der Waals surface area contributed by atoms with Crippen molar-refractivity contribution in [2.24, 2.45) is 0 Å². The van der Waals surface area contributed by atoms with Crippen molar-refractivity contribution in [3.63, 3.8) is 0 Å². The second kappa shape index (κ2) is 5.40. The molecule has 0 aliphatic rings.